The van der Waals surface area contributed by atoms with Crippen LogP contribution < -0.4 is 10.2 Å². The average molecular weight is 242 g/mol. The fourth-order valence-corrected chi connectivity index (χ4v) is 1.34. The molecule has 0 spiro atoms. The molecule has 1 aliphatic heterocycles. The van der Waals surface area contributed by atoms with Gasteiger partial charge in [-0.15, -0.1) is 5.10 Å². The number of rotatable bonds is 2. The van der Waals surface area contributed by atoms with Gasteiger partial charge in [-0.1, -0.05) is 11.6 Å². The summed E-state index contributed by atoms with van der Waals surface area (Å²) in [5, 5.41) is 12.7. The van der Waals surface area contributed by atoms with Gasteiger partial charge in [0.1, 0.15) is 5.02 Å². The highest BCUT2D eigenvalue weighted by atomic mass is 35.5. The number of halogens is 1. The van der Waals surface area contributed by atoms with E-state index >= 15 is 0 Å². The van der Waals surface area contributed by atoms with Crippen LogP contribution in [0.2, 0.25) is 5.02 Å². The van der Waals surface area contributed by atoms with Crippen LogP contribution in [-0.2, 0) is 4.79 Å². The molecule has 0 fully saturated rings. The number of hydrogen-bond donors (Lipinski definition) is 2. The summed E-state index contributed by atoms with van der Waals surface area (Å²) in [4.78, 5) is 15.4. The van der Waals surface area contributed by atoms with E-state index in [9.17, 15) is 4.79 Å². The highest BCUT2D eigenvalue weighted by molar-refractivity contribution is 6.31. The summed E-state index contributed by atoms with van der Waals surface area (Å²) in [6.45, 7) is 0. The van der Waals surface area contributed by atoms with Crippen molar-refractivity contribution in [2.75, 3.05) is 0 Å². The van der Waals surface area contributed by atoms with Crippen LogP contribution in [0.1, 0.15) is 6.42 Å². The first-order valence-corrected chi connectivity index (χ1v) is 4.88. The van der Waals surface area contributed by atoms with Crippen molar-refractivity contribution in [2.24, 2.45) is 5.10 Å². The third kappa shape index (κ3) is 2.22. The Morgan fingerprint density at radius 1 is 1.69 bits per heavy atom. The molecule has 84 valence electrons. The zero-order chi connectivity index (χ0) is 11.5. The minimum atomic E-state index is -0.696. The maximum absolute atomic E-state index is 11.5. The van der Waals surface area contributed by atoms with E-state index in [1.54, 1.807) is 12.1 Å². The molecule has 0 saturated carbocycles. The minimum absolute atomic E-state index is 0.0438. The summed E-state index contributed by atoms with van der Waals surface area (Å²) in [6.07, 6.45) is 1.56. The molecule has 16 heavy (non-hydrogen) atoms. The van der Waals surface area contributed by atoms with Crippen molar-refractivity contribution in [3.05, 3.63) is 23.4 Å². The van der Waals surface area contributed by atoms with Gasteiger partial charge in [-0.25, -0.2) is 9.78 Å². The monoisotopic (exact) mass is 241 g/mol. The first-order chi connectivity index (χ1) is 7.66. The van der Waals surface area contributed by atoms with Gasteiger partial charge >= 0.3 is 5.97 Å². The van der Waals surface area contributed by atoms with E-state index < -0.39 is 12.0 Å². The zero-order valence-corrected chi connectivity index (χ0v) is 8.81. The van der Waals surface area contributed by atoms with Gasteiger partial charge < -0.3 is 9.84 Å². The summed E-state index contributed by atoms with van der Waals surface area (Å²) < 4.78 is 4.95. The van der Waals surface area contributed by atoms with Crippen molar-refractivity contribution in [2.45, 2.75) is 12.5 Å². The quantitative estimate of drug-likeness (QED) is 0.751. The van der Waals surface area contributed by atoms with Crippen LogP contribution in [0.25, 0.3) is 0 Å². The van der Waals surface area contributed by atoms with Crippen molar-refractivity contribution in [3.63, 3.8) is 0 Å². The summed E-state index contributed by atoms with van der Waals surface area (Å²) >= 11 is 5.77. The Bertz CT molecular complexity index is 449. The minimum Gasteiger partial charge on any atom is -0.495 e. The van der Waals surface area contributed by atoms with Gasteiger partial charge in [0.2, 0.25) is 11.8 Å². The summed E-state index contributed by atoms with van der Waals surface area (Å²) in [5.41, 5.74) is 2.44. The highest BCUT2D eigenvalue weighted by Crippen LogP contribution is 2.20. The normalized spacial score (nSPS) is 18.8. The lowest BCUT2D eigenvalue weighted by atomic mass is 10.2. The number of carbonyl (C=O) groups excluding carboxylic acids is 1. The van der Waals surface area contributed by atoms with Gasteiger partial charge in [0.05, 0.1) is 6.42 Å². The first kappa shape index (κ1) is 10.7. The van der Waals surface area contributed by atoms with Crippen molar-refractivity contribution in [1.82, 2.24) is 10.4 Å². The molecule has 1 unspecified atom stereocenters. The SMILES string of the molecule is O=C(Oc1ncccc1Cl)C1CC(O)=NN1. The maximum atomic E-state index is 11.5. The number of carbonyl (C=O) groups is 1. The van der Waals surface area contributed by atoms with Gasteiger partial charge in [0, 0.05) is 6.20 Å². The van der Waals surface area contributed by atoms with Gasteiger partial charge in [0.15, 0.2) is 6.04 Å². The number of esters is 1. The molecule has 0 aliphatic carbocycles. The predicted octanol–water partition coefficient (Wildman–Crippen LogP) is 0.874. The van der Waals surface area contributed by atoms with Gasteiger partial charge in [-0.3, -0.25) is 5.43 Å². The van der Waals surface area contributed by atoms with E-state index in [0.29, 0.717) is 0 Å². The lowest BCUT2D eigenvalue weighted by Gasteiger charge is -2.08. The van der Waals surface area contributed by atoms with Crippen molar-refractivity contribution in [1.29, 1.82) is 0 Å². The van der Waals surface area contributed by atoms with Crippen LogP contribution >= 0.6 is 11.6 Å². The summed E-state index contributed by atoms with van der Waals surface area (Å²) in [7, 11) is 0. The van der Waals surface area contributed by atoms with E-state index in [2.05, 4.69) is 15.5 Å². The van der Waals surface area contributed by atoms with E-state index in [1.807, 2.05) is 0 Å². The average Bonchev–Trinajstić information content (AvgIpc) is 2.68. The van der Waals surface area contributed by atoms with E-state index in [4.69, 9.17) is 21.4 Å². The van der Waals surface area contributed by atoms with Crippen LogP contribution in [0.3, 0.4) is 0 Å². The second-order valence-corrected chi connectivity index (χ2v) is 3.53. The van der Waals surface area contributed by atoms with E-state index in [-0.39, 0.29) is 23.2 Å². The molecular weight excluding hydrogens is 234 g/mol. The molecule has 0 bridgehead atoms. The van der Waals surface area contributed by atoms with Crippen molar-refractivity contribution in [3.8, 4) is 5.88 Å². The molecule has 1 aliphatic rings. The third-order valence-electron chi connectivity index (χ3n) is 1.94. The second kappa shape index (κ2) is 4.36. The number of hydrogen-bond acceptors (Lipinski definition) is 5. The number of ether oxygens (including phenoxy) is 1. The van der Waals surface area contributed by atoms with E-state index in [0.717, 1.165) is 0 Å². The number of hydrazone groups is 1. The highest BCUT2D eigenvalue weighted by Gasteiger charge is 2.27. The van der Waals surface area contributed by atoms with Crippen LogP contribution in [0.15, 0.2) is 23.4 Å². The molecule has 7 heteroatoms. The number of aliphatic hydroxyl groups excluding tert-OH is 1. The number of aromatic nitrogens is 1. The molecule has 0 saturated heterocycles. The molecule has 2 N–H and O–H groups in total. The van der Waals surface area contributed by atoms with Gasteiger partial charge in [-0.05, 0) is 12.1 Å². The Balaban J connectivity index is 2.01. The fourth-order valence-electron chi connectivity index (χ4n) is 1.18. The Morgan fingerprint density at radius 2 is 2.50 bits per heavy atom. The standard InChI is InChI=1S/C9H8ClN3O3/c10-5-2-1-3-11-8(5)16-9(15)6-4-7(14)13-12-6/h1-3,6,12H,4H2,(H,13,14). The molecule has 6 nitrogen and oxygen atoms in total. The molecule has 2 rings (SSSR count). The predicted molar refractivity (Wildman–Crippen MR) is 56.5 cm³/mol. The Morgan fingerprint density at radius 3 is 3.12 bits per heavy atom. The van der Waals surface area contributed by atoms with Crippen LogP contribution in [0, 0.1) is 0 Å². The molecule has 0 aromatic carbocycles. The topological polar surface area (TPSA) is 83.8 Å². The van der Waals surface area contributed by atoms with Crippen molar-refractivity contribution >= 4 is 23.5 Å². The van der Waals surface area contributed by atoms with Crippen LogP contribution in [-0.4, -0.2) is 28.0 Å². The molecule has 1 atom stereocenters. The number of pyridine rings is 1. The van der Waals surface area contributed by atoms with Crippen molar-refractivity contribution < 1.29 is 14.6 Å². The van der Waals surface area contributed by atoms with Gasteiger partial charge in [-0.2, -0.15) is 0 Å². The number of aliphatic hydroxyl groups is 1. The molecule has 2 heterocycles. The molecule has 0 amide bonds. The van der Waals surface area contributed by atoms with Crippen LogP contribution in [0.4, 0.5) is 0 Å². The molecule has 0 radical (unpaired) electrons. The number of nitrogens with one attached hydrogen (secondary N) is 1. The lowest BCUT2D eigenvalue weighted by molar-refractivity contribution is -0.136. The first-order valence-electron chi connectivity index (χ1n) is 4.50. The third-order valence-corrected chi connectivity index (χ3v) is 2.23. The lowest BCUT2D eigenvalue weighted by Crippen LogP contribution is -2.33. The molecule has 1 aromatic heterocycles. The van der Waals surface area contributed by atoms with E-state index in [1.165, 1.54) is 6.20 Å². The number of nitrogens with zero attached hydrogens (tertiary/aromatic N) is 2. The zero-order valence-electron chi connectivity index (χ0n) is 8.05. The smallest absolute Gasteiger partial charge is 0.337 e. The second-order valence-electron chi connectivity index (χ2n) is 3.13. The Labute approximate surface area is 95.9 Å². The Hall–Kier alpha value is -1.82. The Kier molecular flexibility index (Phi) is 2.91. The summed E-state index contributed by atoms with van der Waals surface area (Å²) in [5.74, 6) is -0.676. The van der Waals surface area contributed by atoms with Crippen LogP contribution in [0.5, 0.6) is 5.88 Å². The van der Waals surface area contributed by atoms with Gasteiger partial charge in [0.25, 0.3) is 0 Å². The molecular formula is C9H8ClN3O3. The largest absolute Gasteiger partial charge is 0.495 e. The maximum Gasteiger partial charge on any atom is 0.337 e. The summed E-state index contributed by atoms with van der Waals surface area (Å²) in [6, 6.07) is 2.49. The fraction of sp³-hybridized carbons (Fsp3) is 0.222. The molecule has 1 aromatic rings.